The van der Waals surface area contributed by atoms with Gasteiger partial charge in [-0.2, -0.15) is 0 Å². The zero-order valence-corrected chi connectivity index (χ0v) is 10.9. The fourth-order valence-electron chi connectivity index (χ4n) is 2.74. The Morgan fingerprint density at radius 2 is 2.35 bits per heavy atom. The van der Waals surface area contributed by atoms with Crippen molar-refractivity contribution in [3.05, 3.63) is 11.8 Å². The summed E-state index contributed by atoms with van der Waals surface area (Å²) in [5.41, 5.74) is 1.44. The van der Waals surface area contributed by atoms with Crippen LogP contribution in [0.2, 0.25) is 0 Å². The first-order chi connectivity index (χ1) is 8.42. The molecule has 0 aromatic carbocycles. The molecular formula is C14H25NO2. The average Bonchev–Trinajstić information content (AvgIpc) is 2.42. The van der Waals surface area contributed by atoms with Crippen LogP contribution in [0.1, 0.15) is 39.0 Å². The monoisotopic (exact) mass is 239 g/mol. The number of ether oxygens (including phenoxy) is 2. The van der Waals surface area contributed by atoms with E-state index in [9.17, 15) is 0 Å². The Labute approximate surface area is 105 Å². The molecule has 2 aliphatic rings. The summed E-state index contributed by atoms with van der Waals surface area (Å²) in [6.45, 7) is 6.02. The van der Waals surface area contributed by atoms with E-state index in [1.807, 2.05) is 6.26 Å². The molecule has 0 saturated carbocycles. The summed E-state index contributed by atoms with van der Waals surface area (Å²) in [6.07, 6.45) is 7.98. The van der Waals surface area contributed by atoms with Crippen LogP contribution in [0.4, 0.5) is 0 Å². The van der Waals surface area contributed by atoms with Gasteiger partial charge in [0.05, 0.1) is 19.5 Å². The van der Waals surface area contributed by atoms with E-state index in [0.717, 1.165) is 32.8 Å². The Morgan fingerprint density at radius 1 is 1.41 bits per heavy atom. The maximum atomic E-state index is 5.63. The molecule has 3 heteroatoms. The van der Waals surface area contributed by atoms with Gasteiger partial charge in [0.15, 0.2) is 0 Å². The second-order valence-corrected chi connectivity index (χ2v) is 5.08. The van der Waals surface area contributed by atoms with Crippen molar-refractivity contribution in [2.75, 3.05) is 26.4 Å². The van der Waals surface area contributed by atoms with Crippen LogP contribution in [0.15, 0.2) is 11.8 Å². The third-order valence-electron chi connectivity index (χ3n) is 3.64. The Bertz CT molecular complexity index is 247. The number of nitrogens with one attached hydrogen (secondary N) is 1. The molecule has 1 saturated heterocycles. The first-order valence-corrected chi connectivity index (χ1v) is 7.03. The van der Waals surface area contributed by atoms with Crippen molar-refractivity contribution in [3.63, 3.8) is 0 Å². The summed E-state index contributed by atoms with van der Waals surface area (Å²) in [4.78, 5) is 0. The van der Waals surface area contributed by atoms with Crippen molar-refractivity contribution in [1.29, 1.82) is 0 Å². The third-order valence-corrected chi connectivity index (χ3v) is 3.64. The van der Waals surface area contributed by atoms with Gasteiger partial charge < -0.3 is 14.8 Å². The van der Waals surface area contributed by atoms with E-state index in [0.29, 0.717) is 12.0 Å². The van der Waals surface area contributed by atoms with Gasteiger partial charge >= 0.3 is 0 Å². The normalized spacial score (nSPS) is 27.1. The molecule has 2 unspecified atom stereocenters. The molecule has 98 valence electrons. The predicted octanol–water partition coefficient (Wildman–Crippen LogP) is 2.48. The number of hydrogen-bond acceptors (Lipinski definition) is 3. The minimum Gasteiger partial charge on any atom is -0.501 e. The van der Waals surface area contributed by atoms with Crippen LogP contribution in [0.25, 0.3) is 0 Å². The summed E-state index contributed by atoms with van der Waals surface area (Å²) in [7, 11) is 0. The van der Waals surface area contributed by atoms with Gasteiger partial charge in [0.1, 0.15) is 0 Å². The van der Waals surface area contributed by atoms with Crippen molar-refractivity contribution in [1.82, 2.24) is 5.32 Å². The van der Waals surface area contributed by atoms with Gasteiger partial charge in [0, 0.05) is 18.6 Å². The molecule has 2 heterocycles. The van der Waals surface area contributed by atoms with Crippen molar-refractivity contribution in [2.45, 2.75) is 45.1 Å². The molecule has 17 heavy (non-hydrogen) atoms. The highest BCUT2D eigenvalue weighted by molar-refractivity contribution is 5.12. The topological polar surface area (TPSA) is 30.5 Å². The van der Waals surface area contributed by atoms with Gasteiger partial charge in [-0.25, -0.2) is 0 Å². The Hall–Kier alpha value is -0.540. The van der Waals surface area contributed by atoms with E-state index in [1.165, 1.54) is 31.3 Å². The maximum Gasteiger partial charge on any atom is 0.0876 e. The van der Waals surface area contributed by atoms with E-state index < -0.39 is 0 Å². The molecular weight excluding hydrogens is 214 g/mol. The Morgan fingerprint density at radius 3 is 3.00 bits per heavy atom. The summed E-state index contributed by atoms with van der Waals surface area (Å²) >= 11 is 0. The maximum absolute atomic E-state index is 5.63. The van der Waals surface area contributed by atoms with Crippen LogP contribution in [-0.4, -0.2) is 32.4 Å². The SMILES string of the molecule is CCCNC(C1=COCCC1)C1CCCOC1. The number of hydrogen-bond donors (Lipinski definition) is 1. The van der Waals surface area contributed by atoms with Gasteiger partial charge in [-0.3, -0.25) is 0 Å². The first-order valence-electron chi connectivity index (χ1n) is 7.03. The third kappa shape index (κ3) is 3.71. The molecule has 0 radical (unpaired) electrons. The van der Waals surface area contributed by atoms with E-state index in [-0.39, 0.29) is 0 Å². The molecule has 1 fully saturated rings. The minimum absolute atomic E-state index is 0.468. The standard InChI is InChI=1S/C14H25NO2/c1-2-7-15-14(12-5-3-8-16-10-12)13-6-4-9-17-11-13/h10,13-15H,2-9,11H2,1H3. The molecule has 2 aliphatic heterocycles. The summed E-state index contributed by atoms with van der Waals surface area (Å²) in [5, 5.41) is 3.68. The van der Waals surface area contributed by atoms with Crippen molar-refractivity contribution in [3.8, 4) is 0 Å². The summed E-state index contributed by atoms with van der Waals surface area (Å²) in [5.74, 6) is 0.628. The molecule has 2 rings (SSSR count). The van der Waals surface area contributed by atoms with Gasteiger partial charge in [0.2, 0.25) is 0 Å². The van der Waals surface area contributed by atoms with Gasteiger partial charge in [0.25, 0.3) is 0 Å². The highest BCUT2D eigenvalue weighted by Crippen LogP contribution is 2.26. The first kappa shape index (κ1) is 12.9. The summed E-state index contributed by atoms with van der Waals surface area (Å²) < 4.78 is 11.1. The highest BCUT2D eigenvalue weighted by Gasteiger charge is 2.27. The Kier molecular flexibility index (Phi) is 5.33. The molecule has 0 aromatic heterocycles. The predicted molar refractivity (Wildman–Crippen MR) is 68.9 cm³/mol. The highest BCUT2D eigenvalue weighted by atomic mass is 16.5. The quantitative estimate of drug-likeness (QED) is 0.799. The number of rotatable bonds is 5. The molecule has 0 spiro atoms. The van der Waals surface area contributed by atoms with Crippen LogP contribution in [0.3, 0.4) is 0 Å². The molecule has 2 atom stereocenters. The summed E-state index contributed by atoms with van der Waals surface area (Å²) in [6, 6.07) is 0.468. The fourth-order valence-corrected chi connectivity index (χ4v) is 2.74. The largest absolute Gasteiger partial charge is 0.501 e. The van der Waals surface area contributed by atoms with E-state index in [1.54, 1.807) is 0 Å². The van der Waals surface area contributed by atoms with Crippen LogP contribution in [0.5, 0.6) is 0 Å². The molecule has 1 N–H and O–H groups in total. The van der Waals surface area contributed by atoms with Gasteiger partial charge in [-0.15, -0.1) is 0 Å². The molecule has 0 aliphatic carbocycles. The van der Waals surface area contributed by atoms with E-state index in [4.69, 9.17) is 9.47 Å². The van der Waals surface area contributed by atoms with E-state index in [2.05, 4.69) is 12.2 Å². The lowest BCUT2D eigenvalue weighted by Gasteiger charge is -2.33. The van der Waals surface area contributed by atoms with Gasteiger partial charge in [-0.1, -0.05) is 6.92 Å². The second kappa shape index (κ2) is 7.02. The van der Waals surface area contributed by atoms with Crippen LogP contribution >= 0.6 is 0 Å². The lowest BCUT2D eigenvalue weighted by atomic mass is 9.86. The molecule has 3 nitrogen and oxygen atoms in total. The van der Waals surface area contributed by atoms with E-state index >= 15 is 0 Å². The van der Waals surface area contributed by atoms with Crippen molar-refractivity contribution in [2.24, 2.45) is 5.92 Å². The van der Waals surface area contributed by atoms with Crippen LogP contribution in [0, 0.1) is 5.92 Å². The van der Waals surface area contributed by atoms with Crippen LogP contribution < -0.4 is 5.32 Å². The van der Waals surface area contributed by atoms with Crippen molar-refractivity contribution < 1.29 is 9.47 Å². The fraction of sp³-hybridized carbons (Fsp3) is 0.857. The smallest absolute Gasteiger partial charge is 0.0876 e. The zero-order chi connectivity index (χ0) is 11.9. The van der Waals surface area contributed by atoms with Crippen LogP contribution in [-0.2, 0) is 9.47 Å². The average molecular weight is 239 g/mol. The molecule has 0 aromatic rings. The lowest BCUT2D eigenvalue weighted by Crippen LogP contribution is -2.42. The molecule has 0 amide bonds. The second-order valence-electron chi connectivity index (χ2n) is 5.08. The Balaban J connectivity index is 1.97. The lowest BCUT2D eigenvalue weighted by molar-refractivity contribution is 0.0426. The molecule has 0 bridgehead atoms. The van der Waals surface area contributed by atoms with Gasteiger partial charge in [-0.05, 0) is 44.2 Å². The minimum atomic E-state index is 0.468. The van der Waals surface area contributed by atoms with Crippen molar-refractivity contribution >= 4 is 0 Å². The zero-order valence-electron chi connectivity index (χ0n) is 10.9.